The minimum absolute atomic E-state index is 0.104. The quantitative estimate of drug-likeness (QED) is 0.471. The number of methoxy groups -OCH3 is 3. The molecule has 164 valence electrons. The lowest BCUT2D eigenvalue weighted by molar-refractivity contribution is -0.113. The largest absolute Gasteiger partial charge is 0.496 e. The molecule has 1 heterocycles. The van der Waals surface area contributed by atoms with Crippen LogP contribution >= 0.6 is 35.0 Å². The van der Waals surface area contributed by atoms with E-state index in [9.17, 15) is 4.79 Å². The predicted molar refractivity (Wildman–Crippen MR) is 122 cm³/mol. The number of ether oxygens (including phenoxy) is 3. The van der Waals surface area contributed by atoms with Crippen molar-refractivity contribution in [1.29, 1.82) is 0 Å². The van der Waals surface area contributed by atoms with Crippen LogP contribution in [0, 0.1) is 0 Å². The number of nitrogens with one attached hydrogen (secondary N) is 1. The van der Waals surface area contributed by atoms with Gasteiger partial charge >= 0.3 is 0 Å². The number of benzene rings is 2. The van der Waals surface area contributed by atoms with E-state index in [1.807, 2.05) is 7.05 Å². The number of hydrogen-bond donors (Lipinski definition) is 1. The highest BCUT2D eigenvalue weighted by atomic mass is 35.5. The molecule has 0 saturated carbocycles. The van der Waals surface area contributed by atoms with Crippen LogP contribution in [0.5, 0.6) is 17.2 Å². The Morgan fingerprint density at radius 2 is 1.74 bits per heavy atom. The topological polar surface area (TPSA) is 87.5 Å². The highest BCUT2D eigenvalue weighted by Gasteiger charge is 2.18. The number of carbonyl (C=O) groups excluding carboxylic acids is 1. The molecule has 0 spiro atoms. The molecule has 8 nitrogen and oxygen atoms in total. The predicted octanol–water partition coefficient (Wildman–Crippen LogP) is 4.55. The van der Waals surface area contributed by atoms with Crippen molar-refractivity contribution in [2.24, 2.45) is 7.05 Å². The van der Waals surface area contributed by atoms with Gasteiger partial charge in [-0.25, -0.2) is 0 Å². The first kappa shape index (κ1) is 23.1. The molecule has 3 rings (SSSR count). The maximum atomic E-state index is 12.5. The third kappa shape index (κ3) is 5.17. The molecular weight excluding hydrogens is 463 g/mol. The van der Waals surface area contributed by atoms with Crippen molar-refractivity contribution in [3.05, 3.63) is 40.4 Å². The molecule has 1 amide bonds. The number of amides is 1. The van der Waals surface area contributed by atoms with E-state index in [1.54, 1.807) is 42.0 Å². The lowest BCUT2D eigenvalue weighted by Crippen LogP contribution is -2.15. The van der Waals surface area contributed by atoms with Gasteiger partial charge in [0.05, 0.1) is 43.4 Å². The van der Waals surface area contributed by atoms with E-state index < -0.39 is 0 Å². The third-order valence-corrected chi connectivity index (χ3v) is 5.87. The van der Waals surface area contributed by atoms with Gasteiger partial charge in [0.2, 0.25) is 5.91 Å². The average molecular weight is 483 g/mol. The summed E-state index contributed by atoms with van der Waals surface area (Å²) in [6, 6.07) is 8.44. The van der Waals surface area contributed by atoms with Gasteiger partial charge in [-0.2, -0.15) is 0 Å². The standard InChI is InChI=1S/C20H20Cl2N4O4S/c1-26-19(12-7-11(21)5-6-15(12)28-2)24-25-20(26)31-10-18(27)23-14-9-16(29-3)13(22)8-17(14)30-4/h5-9H,10H2,1-4H3,(H,23,27). The van der Waals surface area contributed by atoms with Gasteiger partial charge in [-0.15, -0.1) is 10.2 Å². The minimum Gasteiger partial charge on any atom is -0.496 e. The molecule has 2 aromatic carbocycles. The average Bonchev–Trinajstić information content (AvgIpc) is 3.13. The zero-order valence-electron chi connectivity index (χ0n) is 17.2. The fraction of sp³-hybridized carbons (Fsp3) is 0.250. The first-order chi connectivity index (χ1) is 14.9. The Hall–Kier alpha value is -2.62. The Morgan fingerprint density at radius 1 is 1.03 bits per heavy atom. The third-order valence-electron chi connectivity index (χ3n) is 4.32. The molecule has 1 N–H and O–H groups in total. The van der Waals surface area contributed by atoms with E-state index >= 15 is 0 Å². The van der Waals surface area contributed by atoms with Gasteiger partial charge < -0.3 is 24.1 Å². The van der Waals surface area contributed by atoms with Crippen molar-refractivity contribution in [2.75, 3.05) is 32.4 Å². The molecule has 0 saturated heterocycles. The Bertz CT molecular complexity index is 1110. The van der Waals surface area contributed by atoms with E-state index in [2.05, 4.69) is 15.5 Å². The van der Waals surface area contributed by atoms with E-state index in [-0.39, 0.29) is 11.7 Å². The summed E-state index contributed by atoms with van der Waals surface area (Å²) in [7, 11) is 6.37. The lowest BCUT2D eigenvalue weighted by Gasteiger charge is -2.13. The summed E-state index contributed by atoms with van der Waals surface area (Å²) in [6.07, 6.45) is 0. The Kier molecular flexibility index (Phi) is 7.53. The molecule has 0 unspecified atom stereocenters. The van der Waals surface area contributed by atoms with E-state index in [1.165, 1.54) is 26.0 Å². The number of hydrogen-bond acceptors (Lipinski definition) is 7. The fourth-order valence-electron chi connectivity index (χ4n) is 2.80. The van der Waals surface area contributed by atoms with Crippen LogP contribution < -0.4 is 19.5 Å². The summed E-state index contributed by atoms with van der Waals surface area (Å²) in [5, 5.41) is 12.7. The summed E-state index contributed by atoms with van der Waals surface area (Å²) in [5.74, 6) is 1.91. The van der Waals surface area contributed by atoms with Crippen LogP contribution in [-0.4, -0.2) is 47.8 Å². The number of thioether (sulfide) groups is 1. The van der Waals surface area contributed by atoms with Crippen molar-refractivity contribution < 1.29 is 19.0 Å². The second-order valence-electron chi connectivity index (χ2n) is 6.23. The monoisotopic (exact) mass is 482 g/mol. The molecule has 31 heavy (non-hydrogen) atoms. The Balaban J connectivity index is 1.73. The van der Waals surface area contributed by atoms with Crippen molar-refractivity contribution in [3.8, 4) is 28.6 Å². The minimum atomic E-state index is -0.252. The van der Waals surface area contributed by atoms with E-state index in [4.69, 9.17) is 37.4 Å². The lowest BCUT2D eigenvalue weighted by atomic mass is 10.2. The zero-order valence-corrected chi connectivity index (χ0v) is 19.6. The van der Waals surface area contributed by atoms with Crippen molar-refractivity contribution >= 4 is 46.6 Å². The van der Waals surface area contributed by atoms with Gasteiger partial charge in [-0.05, 0) is 18.2 Å². The van der Waals surface area contributed by atoms with Crippen LogP contribution in [0.25, 0.3) is 11.4 Å². The molecule has 11 heteroatoms. The number of nitrogens with zero attached hydrogens (tertiary/aromatic N) is 3. The second kappa shape index (κ2) is 10.1. The molecule has 0 aliphatic heterocycles. The second-order valence-corrected chi connectivity index (χ2v) is 8.02. The Morgan fingerprint density at radius 3 is 2.42 bits per heavy atom. The van der Waals surface area contributed by atoms with Gasteiger partial charge in [-0.3, -0.25) is 4.79 Å². The molecular formula is C20H20Cl2N4O4S. The van der Waals surface area contributed by atoms with Crippen LogP contribution in [0.15, 0.2) is 35.5 Å². The van der Waals surface area contributed by atoms with Crippen LogP contribution in [0.2, 0.25) is 10.0 Å². The van der Waals surface area contributed by atoms with Crippen LogP contribution in [0.1, 0.15) is 0 Å². The smallest absolute Gasteiger partial charge is 0.234 e. The SMILES string of the molecule is COc1cc(NC(=O)CSc2nnc(-c3cc(Cl)ccc3OC)n2C)c(OC)cc1Cl. The number of rotatable bonds is 8. The maximum Gasteiger partial charge on any atom is 0.234 e. The number of anilines is 1. The normalized spacial score (nSPS) is 10.6. The van der Waals surface area contributed by atoms with Crippen LogP contribution in [0.3, 0.4) is 0 Å². The van der Waals surface area contributed by atoms with Gasteiger partial charge in [0.25, 0.3) is 0 Å². The maximum absolute atomic E-state index is 12.5. The first-order valence-electron chi connectivity index (χ1n) is 8.95. The van der Waals surface area contributed by atoms with Crippen molar-refractivity contribution in [1.82, 2.24) is 14.8 Å². The van der Waals surface area contributed by atoms with Crippen LogP contribution in [-0.2, 0) is 11.8 Å². The number of halogens is 2. The summed E-state index contributed by atoms with van der Waals surface area (Å²) in [6.45, 7) is 0. The van der Waals surface area contributed by atoms with Gasteiger partial charge in [-0.1, -0.05) is 35.0 Å². The summed E-state index contributed by atoms with van der Waals surface area (Å²) in [4.78, 5) is 12.5. The highest BCUT2D eigenvalue weighted by molar-refractivity contribution is 7.99. The molecule has 3 aromatic rings. The number of carbonyl (C=O) groups is 1. The van der Waals surface area contributed by atoms with Crippen molar-refractivity contribution in [3.63, 3.8) is 0 Å². The highest BCUT2D eigenvalue weighted by Crippen LogP contribution is 2.36. The number of aromatic nitrogens is 3. The van der Waals surface area contributed by atoms with Crippen LogP contribution in [0.4, 0.5) is 5.69 Å². The molecule has 0 aliphatic carbocycles. The molecule has 0 fully saturated rings. The van der Waals surface area contributed by atoms with Crippen molar-refractivity contribution in [2.45, 2.75) is 5.16 Å². The summed E-state index contributed by atoms with van der Waals surface area (Å²) < 4.78 is 17.6. The van der Waals surface area contributed by atoms with Gasteiger partial charge in [0.15, 0.2) is 11.0 Å². The van der Waals surface area contributed by atoms with Gasteiger partial charge in [0, 0.05) is 24.2 Å². The Labute approximate surface area is 193 Å². The molecule has 0 atom stereocenters. The van der Waals surface area contributed by atoms with E-state index in [0.29, 0.717) is 49.5 Å². The molecule has 0 aliphatic rings. The summed E-state index contributed by atoms with van der Waals surface area (Å²) in [5.41, 5.74) is 1.16. The zero-order chi connectivity index (χ0) is 22.5. The molecule has 0 radical (unpaired) electrons. The molecule has 0 bridgehead atoms. The molecule has 1 aromatic heterocycles. The van der Waals surface area contributed by atoms with E-state index in [0.717, 1.165) is 0 Å². The first-order valence-corrected chi connectivity index (χ1v) is 10.7. The van der Waals surface area contributed by atoms with Gasteiger partial charge in [0.1, 0.15) is 17.2 Å². The summed E-state index contributed by atoms with van der Waals surface area (Å²) >= 11 is 13.5. The fourth-order valence-corrected chi connectivity index (χ4v) is 3.92.